The van der Waals surface area contributed by atoms with E-state index in [1.165, 1.54) is 0 Å². The zero-order valence-corrected chi connectivity index (χ0v) is 15.0. The predicted molar refractivity (Wildman–Crippen MR) is 98.9 cm³/mol. The summed E-state index contributed by atoms with van der Waals surface area (Å²) < 4.78 is 17.1. The van der Waals surface area contributed by atoms with Crippen molar-refractivity contribution in [2.45, 2.75) is 31.3 Å². The molecule has 1 fully saturated rings. The van der Waals surface area contributed by atoms with Crippen molar-refractivity contribution in [1.29, 1.82) is 5.26 Å². The predicted octanol–water partition coefficient (Wildman–Crippen LogP) is 2.33. The molecule has 2 bridgehead atoms. The zero-order valence-electron chi connectivity index (χ0n) is 15.0. The van der Waals surface area contributed by atoms with Crippen molar-refractivity contribution in [1.82, 2.24) is 10.3 Å². The Labute approximate surface area is 157 Å². The van der Waals surface area contributed by atoms with Crippen LogP contribution < -0.4 is 25.3 Å². The number of nitrogens with two attached hydrogens (primary N) is 1. The molecule has 0 amide bonds. The van der Waals surface area contributed by atoms with Gasteiger partial charge in [0, 0.05) is 47.0 Å². The Hall–Kier alpha value is -2.98. The summed E-state index contributed by atoms with van der Waals surface area (Å²) >= 11 is 0. The van der Waals surface area contributed by atoms with E-state index in [1.54, 1.807) is 7.11 Å². The number of nitrogen functional groups attached to an aromatic ring is 1. The fourth-order valence-electron chi connectivity index (χ4n) is 4.47. The van der Waals surface area contributed by atoms with Gasteiger partial charge in [-0.05, 0) is 18.9 Å². The van der Waals surface area contributed by atoms with E-state index in [9.17, 15) is 5.26 Å². The normalized spacial score (nSPS) is 22.1. The molecular weight excluding hydrogens is 344 g/mol. The fraction of sp³-hybridized carbons (Fsp3) is 0.400. The summed E-state index contributed by atoms with van der Waals surface area (Å²) in [6, 6.07) is 6.57. The van der Waals surface area contributed by atoms with Crippen LogP contribution in [0.5, 0.6) is 17.2 Å². The van der Waals surface area contributed by atoms with Gasteiger partial charge >= 0.3 is 0 Å². The Morgan fingerprint density at radius 3 is 2.78 bits per heavy atom. The summed E-state index contributed by atoms with van der Waals surface area (Å²) in [7, 11) is 1.61. The first kappa shape index (κ1) is 16.2. The number of methoxy groups -OCH3 is 1. The van der Waals surface area contributed by atoms with E-state index in [0.29, 0.717) is 42.1 Å². The van der Waals surface area contributed by atoms with Crippen LogP contribution in [0.4, 0.5) is 5.82 Å². The minimum Gasteiger partial charge on any atom is -0.496 e. The van der Waals surface area contributed by atoms with Crippen LogP contribution in [0.3, 0.4) is 0 Å². The second-order valence-electron chi connectivity index (χ2n) is 7.11. The number of benzene rings is 1. The summed E-state index contributed by atoms with van der Waals surface area (Å²) in [5.41, 5.74) is 10.2. The summed E-state index contributed by atoms with van der Waals surface area (Å²) in [6.45, 7) is 0.996. The number of fused-ring (bicyclic) bond motifs is 5. The molecule has 0 aliphatic carbocycles. The molecule has 0 spiro atoms. The summed E-state index contributed by atoms with van der Waals surface area (Å²) in [6.07, 6.45) is 2.94. The van der Waals surface area contributed by atoms with E-state index in [1.807, 2.05) is 12.1 Å². The van der Waals surface area contributed by atoms with Gasteiger partial charge < -0.3 is 25.3 Å². The number of nitriles is 1. The number of aromatic nitrogens is 1. The quantitative estimate of drug-likeness (QED) is 0.843. The van der Waals surface area contributed by atoms with Crippen LogP contribution in [-0.4, -0.2) is 31.3 Å². The molecule has 7 nitrogen and oxygen atoms in total. The molecule has 1 aromatic carbocycles. The molecule has 3 N–H and O–H groups in total. The van der Waals surface area contributed by atoms with Crippen LogP contribution in [0.15, 0.2) is 12.1 Å². The highest BCUT2D eigenvalue weighted by Gasteiger charge is 2.37. The van der Waals surface area contributed by atoms with E-state index in [-0.39, 0.29) is 11.9 Å². The first-order valence-electron chi connectivity index (χ1n) is 9.16. The first-order valence-corrected chi connectivity index (χ1v) is 9.16. The van der Waals surface area contributed by atoms with Crippen molar-refractivity contribution in [3.8, 4) is 34.4 Å². The van der Waals surface area contributed by atoms with Gasteiger partial charge in [-0.25, -0.2) is 4.98 Å². The maximum absolute atomic E-state index is 9.85. The second kappa shape index (κ2) is 6.03. The van der Waals surface area contributed by atoms with Crippen molar-refractivity contribution < 1.29 is 14.2 Å². The molecule has 5 rings (SSSR count). The Bertz CT molecular complexity index is 982. The average molecular weight is 364 g/mol. The zero-order chi connectivity index (χ0) is 18.5. The van der Waals surface area contributed by atoms with E-state index < -0.39 is 0 Å². The molecular formula is C20H20N4O3. The molecule has 2 aromatic rings. The molecule has 0 saturated carbocycles. The van der Waals surface area contributed by atoms with Crippen LogP contribution in [-0.2, 0) is 6.42 Å². The number of nitrogens with zero attached hydrogens (tertiary/aromatic N) is 2. The van der Waals surface area contributed by atoms with Gasteiger partial charge in [-0.1, -0.05) is 0 Å². The molecule has 27 heavy (non-hydrogen) atoms. The van der Waals surface area contributed by atoms with Crippen LogP contribution in [0, 0.1) is 11.3 Å². The molecule has 138 valence electrons. The highest BCUT2D eigenvalue weighted by molar-refractivity contribution is 5.85. The number of hydrogen-bond acceptors (Lipinski definition) is 7. The smallest absolute Gasteiger partial charge is 0.165 e. The van der Waals surface area contributed by atoms with Crippen molar-refractivity contribution in [3.63, 3.8) is 0 Å². The van der Waals surface area contributed by atoms with Gasteiger partial charge in [0.05, 0.1) is 7.11 Å². The maximum atomic E-state index is 9.85. The van der Waals surface area contributed by atoms with Gasteiger partial charge in [0.2, 0.25) is 0 Å². The van der Waals surface area contributed by atoms with Gasteiger partial charge in [0.15, 0.2) is 11.5 Å². The molecule has 0 radical (unpaired) electrons. The minimum atomic E-state index is 0.173. The largest absolute Gasteiger partial charge is 0.496 e. The maximum Gasteiger partial charge on any atom is 0.165 e. The topological polar surface area (TPSA) is 102 Å². The lowest BCUT2D eigenvalue weighted by Crippen LogP contribution is -2.33. The van der Waals surface area contributed by atoms with Crippen LogP contribution in [0.25, 0.3) is 11.1 Å². The number of hydrogen-bond donors (Lipinski definition) is 2. The van der Waals surface area contributed by atoms with Crippen molar-refractivity contribution >= 4 is 5.82 Å². The molecule has 1 saturated heterocycles. The SMILES string of the molecule is COc1cc2c(cc1-c1c(C#N)c(N)nc3c1[C@H]1CC[C@@H](C3)N1)OCCO2. The van der Waals surface area contributed by atoms with Gasteiger partial charge in [-0.15, -0.1) is 0 Å². The van der Waals surface area contributed by atoms with E-state index in [0.717, 1.165) is 41.6 Å². The second-order valence-corrected chi connectivity index (χ2v) is 7.11. The molecule has 7 heteroatoms. The lowest BCUT2D eigenvalue weighted by molar-refractivity contribution is 0.171. The monoisotopic (exact) mass is 364 g/mol. The Morgan fingerprint density at radius 2 is 2.04 bits per heavy atom. The summed E-state index contributed by atoms with van der Waals surface area (Å²) in [4.78, 5) is 4.57. The van der Waals surface area contributed by atoms with Crippen molar-refractivity contribution in [2.75, 3.05) is 26.1 Å². The average Bonchev–Trinajstić information content (AvgIpc) is 3.07. The van der Waals surface area contributed by atoms with Gasteiger partial charge in [0.1, 0.15) is 36.4 Å². The van der Waals surface area contributed by atoms with E-state index in [4.69, 9.17) is 19.9 Å². The minimum absolute atomic E-state index is 0.173. The molecule has 2 atom stereocenters. The molecule has 3 aliphatic heterocycles. The number of pyridine rings is 1. The van der Waals surface area contributed by atoms with Gasteiger partial charge in [-0.3, -0.25) is 0 Å². The molecule has 4 heterocycles. The van der Waals surface area contributed by atoms with Crippen LogP contribution in [0.1, 0.15) is 35.7 Å². The Morgan fingerprint density at radius 1 is 1.26 bits per heavy atom. The van der Waals surface area contributed by atoms with E-state index in [2.05, 4.69) is 16.4 Å². The number of ether oxygens (including phenoxy) is 3. The standard InChI is InChI=1S/C20H20N4O3/c1-25-15-8-17-16(26-4-5-27-17)7-11(15)18-12(9-21)20(22)24-14-6-10-2-3-13(23-10)19(14)18/h7-8,10,13,23H,2-6H2,1H3,(H2,22,24)/t10-,13+/m0/s1. The third-order valence-corrected chi connectivity index (χ3v) is 5.62. The molecule has 3 aliphatic rings. The highest BCUT2D eigenvalue weighted by atomic mass is 16.6. The van der Waals surface area contributed by atoms with Gasteiger partial charge in [-0.2, -0.15) is 5.26 Å². The van der Waals surface area contributed by atoms with Crippen molar-refractivity contribution in [2.24, 2.45) is 0 Å². The number of rotatable bonds is 2. The first-order chi connectivity index (χ1) is 13.2. The Kier molecular flexibility index (Phi) is 3.62. The summed E-state index contributed by atoms with van der Waals surface area (Å²) in [5.74, 6) is 2.20. The fourth-order valence-corrected chi connectivity index (χ4v) is 4.47. The number of nitrogens with one attached hydrogen (secondary N) is 1. The van der Waals surface area contributed by atoms with Crippen LogP contribution >= 0.6 is 0 Å². The number of anilines is 1. The Balaban J connectivity index is 1.81. The summed E-state index contributed by atoms with van der Waals surface area (Å²) in [5, 5.41) is 13.5. The molecule has 0 unspecified atom stereocenters. The van der Waals surface area contributed by atoms with Crippen LogP contribution in [0.2, 0.25) is 0 Å². The van der Waals surface area contributed by atoms with Gasteiger partial charge in [0.25, 0.3) is 0 Å². The molecule has 1 aromatic heterocycles. The lowest BCUT2D eigenvalue weighted by atomic mass is 9.87. The van der Waals surface area contributed by atoms with E-state index >= 15 is 0 Å². The lowest BCUT2D eigenvalue weighted by Gasteiger charge is -2.28. The third kappa shape index (κ3) is 2.41. The highest BCUT2D eigenvalue weighted by Crippen LogP contribution is 2.48. The third-order valence-electron chi connectivity index (χ3n) is 5.62. The van der Waals surface area contributed by atoms with Crippen molar-refractivity contribution in [3.05, 3.63) is 29.0 Å².